The van der Waals surface area contributed by atoms with Crippen molar-refractivity contribution in [3.05, 3.63) is 0 Å². The average Bonchev–Trinajstić information content (AvgIpc) is 2.98. The minimum atomic E-state index is 0.327. The second kappa shape index (κ2) is 6.23. The maximum absolute atomic E-state index is 8.51. The van der Waals surface area contributed by atoms with Crippen LogP contribution < -0.4 is 5.73 Å². The van der Waals surface area contributed by atoms with Gasteiger partial charge in [-0.05, 0) is 36.2 Å². The second-order valence-electron chi connectivity index (χ2n) is 4.17. The molecule has 0 aromatic rings. The number of oxime groups is 1. The van der Waals surface area contributed by atoms with Crippen LogP contribution in [0.2, 0.25) is 0 Å². The lowest BCUT2D eigenvalue weighted by molar-refractivity contribution is 0.200. The molecule has 1 rings (SSSR count). The van der Waals surface area contributed by atoms with Crippen LogP contribution in [0.15, 0.2) is 5.16 Å². The number of nitrogens with two attached hydrogens (primary N) is 1. The van der Waals surface area contributed by atoms with E-state index in [1.165, 1.54) is 12.8 Å². The van der Waals surface area contributed by atoms with Crippen LogP contribution in [0.3, 0.4) is 0 Å². The maximum Gasteiger partial charge on any atom is 0.139 e. The van der Waals surface area contributed by atoms with Crippen LogP contribution in [0.1, 0.15) is 25.7 Å². The third-order valence-corrected chi connectivity index (χ3v) is 4.08. The zero-order valence-corrected chi connectivity index (χ0v) is 10.1. The SMILES string of the molecule is COCCCSCC1(CC(N)=NO)CC1. The van der Waals surface area contributed by atoms with E-state index in [0.717, 1.165) is 31.0 Å². The Balaban J connectivity index is 2.09. The fourth-order valence-corrected chi connectivity index (χ4v) is 2.85. The summed E-state index contributed by atoms with van der Waals surface area (Å²) < 4.78 is 4.99. The number of thioether (sulfide) groups is 1. The fourth-order valence-electron chi connectivity index (χ4n) is 1.56. The fraction of sp³-hybridized carbons (Fsp3) is 0.900. The van der Waals surface area contributed by atoms with Crippen LogP contribution in [0.25, 0.3) is 0 Å². The molecule has 1 aliphatic rings. The van der Waals surface area contributed by atoms with Gasteiger partial charge in [-0.1, -0.05) is 5.16 Å². The standard InChI is InChI=1S/C10H20N2O2S/c1-14-5-2-6-15-8-10(3-4-10)7-9(11)12-13/h13H,2-8H2,1H3,(H2,11,12). The van der Waals surface area contributed by atoms with Crippen LogP contribution in [0.4, 0.5) is 0 Å². The summed E-state index contributed by atoms with van der Waals surface area (Å²) in [6.07, 6.45) is 4.25. The highest BCUT2D eigenvalue weighted by Crippen LogP contribution is 2.50. The van der Waals surface area contributed by atoms with Gasteiger partial charge in [-0.3, -0.25) is 0 Å². The molecule has 1 saturated carbocycles. The molecular formula is C10H20N2O2S. The van der Waals surface area contributed by atoms with E-state index in [0.29, 0.717) is 11.3 Å². The molecule has 0 heterocycles. The van der Waals surface area contributed by atoms with Gasteiger partial charge in [0.1, 0.15) is 5.84 Å². The van der Waals surface area contributed by atoms with E-state index in [-0.39, 0.29) is 0 Å². The third kappa shape index (κ3) is 4.75. The number of hydrogen-bond acceptors (Lipinski definition) is 4. The van der Waals surface area contributed by atoms with E-state index in [1.54, 1.807) is 7.11 Å². The molecule has 0 radical (unpaired) electrons. The zero-order chi connectivity index (χ0) is 11.1. The molecule has 1 fully saturated rings. The van der Waals surface area contributed by atoms with Crippen LogP contribution in [-0.2, 0) is 4.74 Å². The molecule has 0 aromatic heterocycles. The number of hydrogen-bond donors (Lipinski definition) is 2. The van der Waals surface area contributed by atoms with Gasteiger partial charge in [0.25, 0.3) is 0 Å². The Morgan fingerprint density at radius 3 is 2.87 bits per heavy atom. The molecule has 0 saturated heterocycles. The average molecular weight is 232 g/mol. The molecule has 1 aliphatic carbocycles. The lowest BCUT2D eigenvalue weighted by Crippen LogP contribution is -2.19. The van der Waals surface area contributed by atoms with Gasteiger partial charge < -0.3 is 15.7 Å². The molecule has 15 heavy (non-hydrogen) atoms. The lowest BCUT2D eigenvalue weighted by Gasteiger charge is -2.13. The van der Waals surface area contributed by atoms with Crippen molar-refractivity contribution in [2.75, 3.05) is 25.2 Å². The largest absolute Gasteiger partial charge is 0.409 e. The van der Waals surface area contributed by atoms with Gasteiger partial charge in [0.15, 0.2) is 0 Å². The van der Waals surface area contributed by atoms with Crippen molar-refractivity contribution in [1.29, 1.82) is 0 Å². The van der Waals surface area contributed by atoms with Crippen molar-refractivity contribution in [1.82, 2.24) is 0 Å². The molecule has 0 atom stereocenters. The van der Waals surface area contributed by atoms with E-state index in [2.05, 4.69) is 5.16 Å². The summed E-state index contributed by atoms with van der Waals surface area (Å²) in [6.45, 7) is 0.834. The third-order valence-electron chi connectivity index (χ3n) is 2.69. The molecule has 0 unspecified atom stereocenters. The first-order chi connectivity index (χ1) is 7.22. The Morgan fingerprint density at radius 1 is 1.60 bits per heavy atom. The van der Waals surface area contributed by atoms with Gasteiger partial charge in [-0.2, -0.15) is 11.8 Å². The van der Waals surface area contributed by atoms with Crippen molar-refractivity contribution < 1.29 is 9.94 Å². The summed E-state index contributed by atoms with van der Waals surface area (Å²) in [7, 11) is 1.73. The van der Waals surface area contributed by atoms with Crippen LogP contribution in [0, 0.1) is 5.41 Å². The van der Waals surface area contributed by atoms with E-state index in [4.69, 9.17) is 15.7 Å². The lowest BCUT2D eigenvalue weighted by atomic mass is 10.1. The zero-order valence-electron chi connectivity index (χ0n) is 9.24. The van der Waals surface area contributed by atoms with Crippen LogP contribution in [0.5, 0.6) is 0 Å². The van der Waals surface area contributed by atoms with E-state index < -0.39 is 0 Å². The molecule has 88 valence electrons. The summed E-state index contributed by atoms with van der Waals surface area (Å²) in [5.41, 5.74) is 5.85. The number of amidine groups is 1. The van der Waals surface area contributed by atoms with Crippen LogP contribution in [-0.4, -0.2) is 36.3 Å². The van der Waals surface area contributed by atoms with Crippen molar-refractivity contribution in [3.8, 4) is 0 Å². The van der Waals surface area contributed by atoms with Gasteiger partial charge in [0.05, 0.1) is 0 Å². The quantitative estimate of drug-likeness (QED) is 0.220. The molecule has 0 aromatic carbocycles. The Labute approximate surface area is 95.2 Å². The first kappa shape index (κ1) is 12.6. The van der Waals surface area contributed by atoms with Gasteiger partial charge >= 0.3 is 0 Å². The maximum atomic E-state index is 8.51. The van der Waals surface area contributed by atoms with Crippen LogP contribution >= 0.6 is 11.8 Å². The first-order valence-electron chi connectivity index (χ1n) is 5.25. The smallest absolute Gasteiger partial charge is 0.139 e. The highest BCUT2D eigenvalue weighted by atomic mass is 32.2. The normalized spacial score (nSPS) is 19.1. The van der Waals surface area contributed by atoms with E-state index in [1.807, 2.05) is 11.8 Å². The number of rotatable bonds is 8. The molecule has 0 aliphatic heterocycles. The molecule has 4 nitrogen and oxygen atoms in total. The molecule has 5 heteroatoms. The van der Waals surface area contributed by atoms with Gasteiger partial charge in [-0.25, -0.2) is 0 Å². The van der Waals surface area contributed by atoms with E-state index >= 15 is 0 Å². The number of methoxy groups -OCH3 is 1. The summed E-state index contributed by atoms with van der Waals surface area (Å²) in [5, 5.41) is 11.5. The Hall–Kier alpha value is -0.420. The summed E-state index contributed by atoms with van der Waals surface area (Å²) >= 11 is 1.94. The number of ether oxygens (including phenoxy) is 1. The van der Waals surface area contributed by atoms with Crippen molar-refractivity contribution >= 4 is 17.6 Å². The van der Waals surface area contributed by atoms with Gasteiger partial charge in [-0.15, -0.1) is 0 Å². The van der Waals surface area contributed by atoms with Crippen molar-refractivity contribution in [2.45, 2.75) is 25.7 Å². The van der Waals surface area contributed by atoms with E-state index in [9.17, 15) is 0 Å². The topological polar surface area (TPSA) is 67.8 Å². The molecule has 3 N–H and O–H groups in total. The van der Waals surface area contributed by atoms with Gasteiger partial charge in [0, 0.05) is 20.1 Å². The number of nitrogens with zero attached hydrogens (tertiary/aromatic N) is 1. The monoisotopic (exact) mass is 232 g/mol. The Morgan fingerprint density at radius 2 is 2.33 bits per heavy atom. The summed E-state index contributed by atoms with van der Waals surface area (Å²) in [4.78, 5) is 0. The first-order valence-corrected chi connectivity index (χ1v) is 6.41. The Kier molecular flexibility index (Phi) is 5.25. The minimum absolute atomic E-state index is 0.327. The summed E-state index contributed by atoms with van der Waals surface area (Å²) in [6, 6.07) is 0. The molecule has 0 spiro atoms. The Bertz CT molecular complexity index is 217. The minimum Gasteiger partial charge on any atom is -0.409 e. The molecule has 0 amide bonds. The van der Waals surface area contributed by atoms with Crippen molar-refractivity contribution in [3.63, 3.8) is 0 Å². The summed E-state index contributed by atoms with van der Waals surface area (Å²) in [5.74, 6) is 2.61. The molecular weight excluding hydrogens is 212 g/mol. The van der Waals surface area contributed by atoms with Gasteiger partial charge in [0.2, 0.25) is 0 Å². The highest BCUT2D eigenvalue weighted by molar-refractivity contribution is 7.99. The molecule has 0 bridgehead atoms. The van der Waals surface area contributed by atoms with Crippen molar-refractivity contribution in [2.24, 2.45) is 16.3 Å². The second-order valence-corrected chi connectivity index (χ2v) is 5.27. The predicted octanol–water partition coefficient (Wildman–Crippen LogP) is 1.67. The highest BCUT2D eigenvalue weighted by Gasteiger charge is 2.42. The predicted molar refractivity (Wildman–Crippen MR) is 63.5 cm³/mol.